The van der Waals surface area contributed by atoms with Crippen molar-refractivity contribution in [2.75, 3.05) is 0 Å². The summed E-state index contributed by atoms with van der Waals surface area (Å²) in [5, 5.41) is 44.0. The summed E-state index contributed by atoms with van der Waals surface area (Å²) in [4.78, 5) is 14.2. The Hall–Kier alpha value is -1.01. The first-order chi connectivity index (χ1) is 15.8. The minimum Gasteiger partial charge on any atom is -0.393 e. The molecule has 5 nitrogen and oxygen atoms in total. The van der Waals surface area contributed by atoms with E-state index in [-0.39, 0.29) is 28.4 Å². The highest BCUT2D eigenvalue weighted by Crippen LogP contribution is 2.74. The van der Waals surface area contributed by atoms with Crippen LogP contribution in [0.3, 0.4) is 0 Å². The molecule has 0 bridgehead atoms. The highest BCUT2D eigenvalue weighted by Gasteiger charge is 2.73. The van der Waals surface area contributed by atoms with Gasteiger partial charge in [-0.15, -0.1) is 0 Å². The molecule has 3 fully saturated rings. The smallest absolute Gasteiger partial charge is 0.140 e. The summed E-state index contributed by atoms with van der Waals surface area (Å²) in [6.07, 6.45) is 8.16. The maximum Gasteiger partial charge on any atom is 0.140 e. The summed E-state index contributed by atoms with van der Waals surface area (Å²) in [6.45, 7) is 15.9. The third-order valence-electron chi connectivity index (χ3n) is 11.3. The number of allylic oxidation sites excluding steroid dienone is 1. The van der Waals surface area contributed by atoms with Gasteiger partial charge in [-0.3, -0.25) is 4.79 Å². The maximum absolute atomic E-state index is 14.2. The number of carbonyl (C=O) groups is 1. The van der Waals surface area contributed by atoms with E-state index in [1.807, 2.05) is 0 Å². The molecule has 0 saturated heterocycles. The van der Waals surface area contributed by atoms with Crippen LogP contribution < -0.4 is 0 Å². The number of ketones is 1. The van der Waals surface area contributed by atoms with Gasteiger partial charge in [-0.25, -0.2) is 0 Å². The second-order valence-corrected chi connectivity index (χ2v) is 14.4. The second kappa shape index (κ2) is 7.99. The molecule has 0 spiro atoms. The van der Waals surface area contributed by atoms with Crippen molar-refractivity contribution in [2.45, 2.75) is 117 Å². The number of aliphatic hydroxyl groups is 4. The van der Waals surface area contributed by atoms with Crippen LogP contribution in [-0.4, -0.2) is 49.6 Å². The van der Waals surface area contributed by atoms with Crippen LogP contribution in [0.1, 0.15) is 93.9 Å². The topological polar surface area (TPSA) is 98.0 Å². The molecule has 4 aliphatic rings. The first-order valence-corrected chi connectivity index (χ1v) is 13.5. The van der Waals surface area contributed by atoms with Gasteiger partial charge in [-0.05, 0) is 75.5 Å². The van der Waals surface area contributed by atoms with Gasteiger partial charge in [0.25, 0.3) is 0 Å². The van der Waals surface area contributed by atoms with E-state index in [0.717, 1.165) is 12.8 Å². The van der Waals surface area contributed by atoms with Crippen LogP contribution in [0.5, 0.6) is 0 Å². The zero-order chi connectivity index (χ0) is 26.4. The summed E-state index contributed by atoms with van der Waals surface area (Å²) in [7, 11) is 0. The first kappa shape index (κ1) is 27.0. The molecule has 1 unspecified atom stereocenters. The number of hydrogen-bond donors (Lipinski definition) is 4. The molecular weight excluding hydrogens is 440 g/mol. The molecule has 3 saturated carbocycles. The van der Waals surface area contributed by atoms with Crippen LogP contribution in [0.15, 0.2) is 23.8 Å². The molecule has 9 atom stereocenters. The van der Waals surface area contributed by atoms with Gasteiger partial charge in [-0.2, -0.15) is 0 Å². The highest BCUT2D eigenvalue weighted by molar-refractivity contribution is 5.88. The fourth-order valence-electron chi connectivity index (χ4n) is 9.31. The molecule has 4 aliphatic carbocycles. The molecule has 0 aromatic rings. The Labute approximate surface area is 211 Å². The highest BCUT2D eigenvalue weighted by atomic mass is 16.3. The van der Waals surface area contributed by atoms with Gasteiger partial charge in [0.2, 0.25) is 0 Å². The molecule has 35 heavy (non-hydrogen) atoms. The largest absolute Gasteiger partial charge is 0.393 e. The lowest BCUT2D eigenvalue weighted by molar-refractivity contribution is -0.180. The van der Waals surface area contributed by atoms with E-state index in [1.54, 1.807) is 32.9 Å². The molecule has 0 heterocycles. The Morgan fingerprint density at radius 3 is 2.26 bits per heavy atom. The van der Waals surface area contributed by atoms with E-state index in [2.05, 4.69) is 40.7 Å². The van der Waals surface area contributed by atoms with Crippen LogP contribution >= 0.6 is 0 Å². The SMILES string of the molecule is CC(C)(O)C=CC[C@](C)(O)C1[C@H](O)C[C@@]2(C)[C@@H]3CC=C4[C@@H](CC[C@H](O)C4(C)C)[C@]3(C)C(=O)C[C@]12C. The zero-order valence-corrected chi connectivity index (χ0v) is 23.1. The van der Waals surface area contributed by atoms with Crippen molar-refractivity contribution < 1.29 is 25.2 Å². The van der Waals surface area contributed by atoms with E-state index in [4.69, 9.17) is 0 Å². The lowest BCUT2D eigenvalue weighted by Crippen LogP contribution is -2.64. The Bertz CT molecular complexity index is 939. The van der Waals surface area contributed by atoms with Crippen LogP contribution in [0.2, 0.25) is 0 Å². The number of carbonyl (C=O) groups excluding carboxylic acids is 1. The Kier molecular flexibility index (Phi) is 6.17. The van der Waals surface area contributed by atoms with Gasteiger partial charge in [0.05, 0.1) is 23.4 Å². The van der Waals surface area contributed by atoms with Gasteiger partial charge in [0.1, 0.15) is 5.78 Å². The molecule has 0 aromatic heterocycles. The average molecular weight is 489 g/mol. The van der Waals surface area contributed by atoms with E-state index in [1.165, 1.54) is 5.57 Å². The average Bonchev–Trinajstić information content (AvgIpc) is 2.89. The monoisotopic (exact) mass is 488 g/mol. The van der Waals surface area contributed by atoms with Gasteiger partial charge in [-0.1, -0.05) is 58.4 Å². The standard InChI is InChI=1S/C30H48O5/c1-25(2,34)14-9-15-29(7,35)24-20(31)16-27(5)21-12-10-18-19(11-13-22(32)26(18,3)4)30(21,8)23(33)17-28(24,27)6/h9-10,14,19-22,24,31-32,34-35H,11-13,15-17H2,1-8H3/t19-,20-,21+,22+,24?,27+,28-,29+,30+/m1/s1. The van der Waals surface area contributed by atoms with Crippen molar-refractivity contribution in [3.63, 3.8) is 0 Å². The van der Waals surface area contributed by atoms with Crippen molar-refractivity contribution in [1.82, 2.24) is 0 Å². The zero-order valence-electron chi connectivity index (χ0n) is 23.1. The lowest BCUT2D eigenvalue weighted by Gasteiger charge is -2.64. The van der Waals surface area contributed by atoms with E-state index in [0.29, 0.717) is 25.7 Å². The molecule has 198 valence electrons. The van der Waals surface area contributed by atoms with Crippen molar-refractivity contribution >= 4 is 5.78 Å². The van der Waals surface area contributed by atoms with Crippen LogP contribution in [-0.2, 0) is 4.79 Å². The van der Waals surface area contributed by atoms with Crippen molar-refractivity contribution in [3.8, 4) is 0 Å². The minimum absolute atomic E-state index is 0.0726. The Morgan fingerprint density at radius 1 is 1.03 bits per heavy atom. The van der Waals surface area contributed by atoms with Crippen LogP contribution in [0, 0.1) is 39.4 Å². The molecule has 0 amide bonds. The number of rotatable bonds is 4. The Morgan fingerprint density at radius 2 is 1.66 bits per heavy atom. The summed E-state index contributed by atoms with van der Waals surface area (Å²) in [5.74, 6) is -0.0227. The molecule has 0 aliphatic heterocycles. The summed E-state index contributed by atoms with van der Waals surface area (Å²) in [5.41, 5.74) is -2.69. The van der Waals surface area contributed by atoms with Crippen LogP contribution in [0.25, 0.3) is 0 Å². The molecule has 0 radical (unpaired) electrons. The third kappa shape index (κ3) is 3.74. The van der Waals surface area contributed by atoms with Gasteiger partial charge in [0, 0.05) is 23.2 Å². The third-order valence-corrected chi connectivity index (χ3v) is 11.3. The predicted molar refractivity (Wildman–Crippen MR) is 137 cm³/mol. The summed E-state index contributed by atoms with van der Waals surface area (Å²) >= 11 is 0. The predicted octanol–water partition coefficient (Wildman–Crippen LogP) is 4.57. The maximum atomic E-state index is 14.2. The van der Waals surface area contributed by atoms with Crippen LogP contribution in [0.4, 0.5) is 0 Å². The van der Waals surface area contributed by atoms with E-state index >= 15 is 0 Å². The van der Waals surface area contributed by atoms with E-state index < -0.39 is 40.2 Å². The molecule has 0 aromatic carbocycles. The van der Waals surface area contributed by atoms with E-state index in [9.17, 15) is 25.2 Å². The lowest BCUT2D eigenvalue weighted by atomic mass is 9.38. The number of Topliss-reactive ketones (excluding diaryl/α,β-unsaturated/α-hetero) is 1. The fraction of sp³-hybridized carbons (Fsp3) is 0.833. The van der Waals surface area contributed by atoms with Gasteiger partial charge < -0.3 is 20.4 Å². The van der Waals surface area contributed by atoms with Gasteiger partial charge >= 0.3 is 0 Å². The second-order valence-electron chi connectivity index (χ2n) is 14.4. The first-order valence-electron chi connectivity index (χ1n) is 13.5. The quantitative estimate of drug-likeness (QED) is 0.435. The molecular formula is C30H48O5. The van der Waals surface area contributed by atoms with Crippen molar-refractivity contribution in [3.05, 3.63) is 23.8 Å². The van der Waals surface area contributed by atoms with Crippen molar-refractivity contribution in [1.29, 1.82) is 0 Å². The molecule has 4 N–H and O–H groups in total. The van der Waals surface area contributed by atoms with Gasteiger partial charge in [0.15, 0.2) is 0 Å². The normalized spacial score (nSPS) is 47.0. The molecule has 4 rings (SSSR count). The fourth-order valence-corrected chi connectivity index (χ4v) is 9.31. The van der Waals surface area contributed by atoms with Crippen molar-refractivity contribution in [2.24, 2.45) is 39.4 Å². The molecule has 5 heteroatoms. The minimum atomic E-state index is -1.21. The number of aliphatic hydroxyl groups excluding tert-OH is 2. The number of fused-ring (bicyclic) bond motifs is 5. The number of hydrogen-bond acceptors (Lipinski definition) is 5. The summed E-state index contributed by atoms with van der Waals surface area (Å²) in [6, 6.07) is 0. The Balaban J connectivity index is 1.75. The summed E-state index contributed by atoms with van der Waals surface area (Å²) < 4.78 is 0.